The summed E-state index contributed by atoms with van der Waals surface area (Å²) in [6.45, 7) is 3.90. The van der Waals surface area contributed by atoms with E-state index in [1.54, 1.807) is 7.05 Å². The van der Waals surface area contributed by atoms with Gasteiger partial charge in [-0.15, -0.1) is 0 Å². The van der Waals surface area contributed by atoms with Crippen molar-refractivity contribution in [1.82, 2.24) is 5.32 Å². The van der Waals surface area contributed by atoms with Gasteiger partial charge in [-0.3, -0.25) is 0 Å². The molecule has 1 N–H and O–H groups in total. The Kier molecular flexibility index (Phi) is 5.56. The minimum atomic E-state index is -0.390. The molecular formula is C16H23NO3. The van der Waals surface area contributed by atoms with E-state index in [1.807, 2.05) is 19.1 Å². The number of rotatable bonds is 5. The maximum absolute atomic E-state index is 11.9. The monoisotopic (exact) mass is 277 g/mol. The molecule has 2 rings (SSSR count). The Hall–Kier alpha value is -1.39. The molecule has 4 nitrogen and oxygen atoms in total. The zero-order valence-corrected chi connectivity index (χ0v) is 12.2. The Morgan fingerprint density at radius 2 is 2.00 bits per heavy atom. The van der Waals surface area contributed by atoms with E-state index in [-0.39, 0.29) is 5.97 Å². The van der Waals surface area contributed by atoms with Gasteiger partial charge < -0.3 is 14.8 Å². The molecule has 0 aliphatic carbocycles. The van der Waals surface area contributed by atoms with Crippen LogP contribution in [0.25, 0.3) is 0 Å². The summed E-state index contributed by atoms with van der Waals surface area (Å²) in [7, 11) is 1.77. The molecule has 1 fully saturated rings. The van der Waals surface area contributed by atoms with E-state index in [2.05, 4.69) is 17.4 Å². The van der Waals surface area contributed by atoms with E-state index in [9.17, 15) is 4.79 Å². The van der Waals surface area contributed by atoms with Crippen LogP contribution in [-0.4, -0.2) is 32.8 Å². The molecule has 1 heterocycles. The van der Waals surface area contributed by atoms with Gasteiger partial charge in [-0.2, -0.15) is 0 Å². The van der Waals surface area contributed by atoms with Gasteiger partial charge in [0.25, 0.3) is 0 Å². The second-order valence-corrected chi connectivity index (χ2v) is 5.03. The van der Waals surface area contributed by atoms with Gasteiger partial charge in [0.2, 0.25) is 0 Å². The van der Waals surface area contributed by atoms with Crippen LogP contribution in [0.4, 0.5) is 0 Å². The number of likely N-dealkylation sites (N-methyl/N-ethyl adjacent to an activating group) is 1. The van der Waals surface area contributed by atoms with E-state index in [0.717, 1.165) is 31.6 Å². The first kappa shape index (κ1) is 15.0. The number of carbonyl (C=O) groups excluding carboxylic acids is 1. The lowest BCUT2D eigenvalue weighted by Crippen LogP contribution is -2.27. The number of hydrogen-bond acceptors (Lipinski definition) is 4. The molecule has 1 aliphatic rings. The van der Waals surface area contributed by atoms with Crippen LogP contribution in [0.15, 0.2) is 24.3 Å². The predicted molar refractivity (Wildman–Crippen MR) is 77.7 cm³/mol. The standard InChI is InChI=1S/C16H23NO3/c1-3-20-16(18)15(17-2)14-6-4-12(5-7-14)13-8-10-19-11-9-13/h4-7,13,15,17H,3,8-11H2,1-2H3. The molecular weight excluding hydrogens is 254 g/mol. The maximum Gasteiger partial charge on any atom is 0.327 e. The van der Waals surface area contributed by atoms with Crippen LogP contribution in [0.3, 0.4) is 0 Å². The van der Waals surface area contributed by atoms with Crippen molar-refractivity contribution >= 4 is 5.97 Å². The number of carbonyl (C=O) groups is 1. The molecule has 0 bridgehead atoms. The first-order valence-corrected chi connectivity index (χ1v) is 7.27. The van der Waals surface area contributed by atoms with E-state index in [0.29, 0.717) is 12.5 Å². The van der Waals surface area contributed by atoms with Gasteiger partial charge in [0.05, 0.1) is 6.61 Å². The minimum Gasteiger partial charge on any atom is -0.465 e. The SMILES string of the molecule is CCOC(=O)C(NC)c1ccc(C2CCOCC2)cc1. The fraction of sp³-hybridized carbons (Fsp3) is 0.562. The van der Waals surface area contributed by atoms with Crippen LogP contribution >= 0.6 is 0 Å². The average molecular weight is 277 g/mol. The molecule has 1 aliphatic heterocycles. The molecule has 0 saturated carbocycles. The Labute approximate surface area is 120 Å². The Morgan fingerprint density at radius 1 is 1.35 bits per heavy atom. The van der Waals surface area contributed by atoms with Gasteiger partial charge in [0.1, 0.15) is 6.04 Å². The van der Waals surface area contributed by atoms with Gasteiger partial charge in [0, 0.05) is 13.2 Å². The molecule has 1 aromatic rings. The van der Waals surface area contributed by atoms with Gasteiger partial charge >= 0.3 is 5.97 Å². The molecule has 4 heteroatoms. The fourth-order valence-electron chi connectivity index (χ4n) is 2.64. The zero-order valence-electron chi connectivity index (χ0n) is 12.2. The van der Waals surface area contributed by atoms with Crippen LogP contribution < -0.4 is 5.32 Å². The van der Waals surface area contributed by atoms with E-state index in [1.165, 1.54) is 5.56 Å². The van der Waals surface area contributed by atoms with Crippen LogP contribution in [0.2, 0.25) is 0 Å². The van der Waals surface area contributed by atoms with Crippen LogP contribution in [-0.2, 0) is 14.3 Å². The summed E-state index contributed by atoms with van der Waals surface area (Å²) < 4.78 is 10.5. The number of benzene rings is 1. The summed E-state index contributed by atoms with van der Waals surface area (Å²) in [5.41, 5.74) is 2.28. The summed E-state index contributed by atoms with van der Waals surface area (Å²) >= 11 is 0. The van der Waals surface area contributed by atoms with Gasteiger partial charge in [-0.1, -0.05) is 24.3 Å². The van der Waals surface area contributed by atoms with E-state index < -0.39 is 6.04 Å². The second kappa shape index (κ2) is 7.41. The number of hydrogen-bond donors (Lipinski definition) is 1. The molecule has 20 heavy (non-hydrogen) atoms. The quantitative estimate of drug-likeness (QED) is 0.840. The van der Waals surface area contributed by atoms with Crippen molar-refractivity contribution in [2.24, 2.45) is 0 Å². The van der Waals surface area contributed by atoms with Gasteiger partial charge in [-0.05, 0) is 43.9 Å². The highest BCUT2D eigenvalue weighted by Gasteiger charge is 2.21. The average Bonchev–Trinajstić information content (AvgIpc) is 2.50. The van der Waals surface area contributed by atoms with Crippen molar-refractivity contribution in [2.45, 2.75) is 31.7 Å². The first-order chi connectivity index (χ1) is 9.76. The molecule has 0 aromatic heterocycles. The molecule has 1 unspecified atom stereocenters. The zero-order chi connectivity index (χ0) is 14.4. The smallest absolute Gasteiger partial charge is 0.327 e. The highest BCUT2D eigenvalue weighted by molar-refractivity contribution is 5.77. The largest absolute Gasteiger partial charge is 0.465 e. The highest BCUT2D eigenvalue weighted by atomic mass is 16.5. The number of nitrogens with one attached hydrogen (secondary N) is 1. The highest BCUT2D eigenvalue weighted by Crippen LogP contribution is 2.27. The topological polar surface area (TPSA) is 47.6 Å². The third-order valence-electron chi connectivity index (χ3n) is 3.77. The van der Waals surface area contributed by atoms with Gasteiger partial charge in [0.15, 0.2) is 0 Å². The number of ether oxygens (including phenoxy) is 2. The maximum atomic E-state index is 11.9. The van der Waals surface area contributed by atoms with E-state index >= 15 is 0 Å². The van der Waals surface area contributed by atoms with Crippen molar-refractivity contribution in [3.63, 3.8) is 0 Å². The van der Waals surface area contributed by atoms with E-state index in [4.69, 9.17) is 9.47 Å². The summed E-state index contributed by atoms with van der Waals surface area (Å²) in [5.74, 6) is 0.349. The predicted octanol–water partition coefficient (Wildman–Crippen LogP) is 2.40. The molecule has 1 atom stereocenters. The molecule has 110 valence electrons. The summed E-state index contributed by atoms with van der Waals surface area (Å²) in [4.78, 5) is 11.9. The summed E-state index contributed by atoms with van der Waals surface area (Å²) in [6, 6.07) is 7.88. The van der Waals surface area contributed by atoms with Gasteiger partial charge in [-0.25, -0.2) is 4.79 Å². The van der Waals surface area contributed by atoms with Crippen LogP contribution in [0.5, 0.6) is 0 Å². The fourth-order valence-corrected chi connectivity index (χ4v) is 2.64. The van der Waals surface area contributed by atoms with Crippen molar-refractivity contribution in [1.29, 1.82) is 0 Å². The Morgan fingerprint density at radius 3 is 2.55 bits per heavy atom. The molecule has 0 spiro atoms. The van der Waals surface area contributed by atoms with Crippen molar-refractivity contribution in [3.8, 4) is 0 Å². The first-order valence-electron chi connectivity index (χ1n) is 7.27. The van der Waals surface area contributed by atoms with Crippen LogP contribution in [0.1, 0.15) is 42.9 Å². The summed E-state index contributed by atoms with van der Waals surface area (Å²) in [6.07, 6.45) is 2.15. The molecule has 0 radical (unpaired) electrons. The van der Waals surface area contributed by atoms with Crippen molar-refractivity contribution < 1.29 is 14.3 Å². The Balaban J connectivity index is 2.07. The lowest BCUT2D eigenvalue weighted by Gasteiger charge is -2.23. The Bertz CT molecular complexity index is 424. The van der Waals surface area contributed by atoms with Crippen molar-refractivity contribution in [3.05, 3.63) is 35.4 Å². The molecule has 0 amide bonds. The normalized spacial score (nSPS) is 17.7. The van der Waals surface area contributed by atoms with Crippen LogP contribution in [0, 0.1) is 0 Å². The minimum absolute atomic E-state index is 0.228. The lowest BCUT2D eigenvalue weighted by molar-refractivity contribution is -0.145. The lowest BCUT2D eigenvalue weighted by atomic mass is 9.90. The molecule has 1 saturated heterocycles. The third-order valence-corrected chi connectivity index (χ3v) is 3.77. The number of esters is 1. The second-order valence-electron chi connectivity index (χ2n) is 5.03. The summed E-state index contributed by atoms with van der Waals surface area (Å²) in [5, 5.41) is 3.01. The van der Waals surface area contributed by atoms with Crippen molar-refractivity contribution in [2.75, 3.05) is 26.9 Å². The third kappa shape index (κ3) is 3.58. The molecule has 1 aromatic carbocycles.